The summed E-state index contributed by atoms with van der Waals surface area (Å²) in [6, 6.07) is 10.8. The lowest BCUT2D eigenvalue weighted by molar-refractivity contribution is 0.294. The zero-order valence-electron chi connectivity index (χ0n) is 10.6. The minimum atomic E-state index is 0.0180. The molecule has 5 heteroatoms. The van der Waals surface area contributed by atoms with Crippen molar-refractivity contribution >= 4 is 5.84 Å². The van der Waals surface area contributed by atoms with Crippen molar-refractivity contribution in [2.45, 2.75) is 6.61 Å². The number of ether oxygens (including phenoxy) is 2. The first-order valence-electron chi connectivity index (χ1n) is 5.76. The highest BCUT2D eigenvalue weighted by Gasteiger charge is 2.05. The van der Waals surface area contributed by atoms with E-state index in [1.807, 2.05) is 18.2 Å². The average molecular weight is 257 g/mol. The molecule has 0 saturated carbocycles. The standard InChI is InChI=1S/C14H15N3O2/c1-18-14-11(5-3-7-17-14)9-19-12-6-2-4-10(8-12)13(15)16/h2-8H,9H2,1H3,(H3,15,16). The Balaban J connectivity index is 2.10. The lowest BCUT2D eigenvalue weighted by Gasteiger charge is -2.09. The van der Waals surface area contributed by atoms with Crippen LogP contribution in [0.15, 0.2) is 42.6 Å². The second-order valence-electron chi connectivity index (χ2n) is 3.90. The van der Waals surface area contributed by atoms with E-state index in [4.69, 9.17) is 20.6 Å². The first kappa shape index (κ1) is 12.9. The minimum absolute atomic E-state index is 0.0180. The van der Waals surface area contributed by atoms with Crippen molar-refractivity contribution in [3.05, 3.63) is 53.7 Å². The van der Waals surface area contributed by atoms with E-state index in [2.05, 4.69) is 4.98 Å². The van der Waals surface area contributed by atoms with Crippen LogP contribution in [0, 0.1) is 5.41 Å². The van der Waals surface area contributed by atoms with Gasteiger partial charge in [0.25, 0.3) is 0 Å². The molecule has 0 radical (unpaired) electrons. The Bertz CT molecular complexity index is 584. The van der Waals surface area contributed by atoms with Crippen molar-refractivity contribution in [2.75, 3.05) is 7.11 Å². The highest BCUT2D eigenvalue weighted by atomic mass is 16.5. The van der Waals surface area contributed by atoms with Crippen LogP contribution in [0.2, 0.25) is 0 Å². The molecule has 0 unspecified atom stereocenters. The summed E-state index contributed by atoms with van der Waals surface area (Å²) in [6.07, 6.45) is 1.67. The van der Waals surface area contributed by atoms with E-state index in [0.717, 1.165) is 5.56 Å². The van der Waals surface area contributed by atoms with Crippen molar-refractivity contribution in [1.82, 2.24) is 4.98 Å². The predicted molar refractivity (Wildman–Crippen MR) is 72.6 cm³/mol. The molecule has 0 amide bonds. The van der Waals surface area contributed by atoms with E-state index in [1.165, 1.54) is 0 Å². The molecule has 19 heavy (non-hydrogen) atoms. The van der Waals surface area contributed by atoms with E-state index >= 15 is 0 Å². The quantitative estimate of drug-likeness (QED) is 0.633. The van der Waals surface area contributed by atoms with Crippen LogP contribution in [-0.2, 0) is 6.61 Å². The zero-order chi connectivity index (χ0) is 13.7. The summed E-state index contributed by atoms with van der Waals surface area (Å²) in [6.45, 7) is 0.346. The van der Waals surface area contributed by atoms with Gasteiger partial charge in [0.05, 0.1) is 12.7 Å². The smallest absolute Gasteiger partial charge is 0.219 e. The fourth-order valence-corrected chi connectivity index (χ4v) is 1.63. The third-order valence-corrected chi connectivity index (χ3v) is 2.58. The number of pyridine rings is 1. The lowest BCUT2D eigenvalue weighted by Crippen LogP contribution is -2.10. The van der Waals surface area contributed by atoms with Crippen molar-refractivity contribution < 1.29 is 9.47 Å². The Labute approximate surface area is 111 Å². The number of amidine groups is 1. The molecular weight excluding hydrogens is 242 g/mol. The fourth-order valence-electron chi connectivity index (χ4n) is 1.63. The number of hydrogen-bond acceptors (Lipinski definition) is 4. The Kier molecular flexibility index (Phi) is 3.97. The number of rotatable bonds is 5. The molecule has 2 aromatic rings. The summed E-state index contributed by atoms with van der Waals surface area (Å²) in [5, 5.41) is 7.38. The molecule has 0 atom stereocenters. The van der Waals surface area contributed by atoms with Crippen LogP contribution in [0.25, 0.3) is 0 Å². The summed E-state index contributed by atoms with van der Waals surface area (Å²) in [4.78, 5) is 4.10. The zero-order valence-corrected chi connectivity index (χ0v) is 10.6. The summed E-state index contributed by atoms with van der Waals surface area (Å²) in [5.41, 5.74) is 6.93. The maximum atomic E-state index is 7.38. The van der Waals surface area contributed by atoms with Gasteiger partial charge in [-0.2, -0.15) is 0 Å². The molecular formula is C14H15N3O2. The molecule has 1 aromatic heterocycles. The number of nitrogens with two attached hydrogens (primary N) is 1. The van der Waals surface area contributed by atoms with Crippen LogP contribution in [0.4, 0.5) is 0 Å². The average Bonchev–Trinajstić information content (AvgIpc) is 2.45. The topological polar surface area (TPSA) is 81.2 Å². The van der Waals surface area contributed by atoms with Gasteiger partial charge in [-0.1, -0.05) is 12.1 Å². The SMILES string of the molecule is COc1ncccc1COc1cccc(C(=N)N)c1. The lowest BCUT2D eigenvalue weighted by atomic mass is 10.2. The van der Waals surface area contributed by atoms with Gasteiger partial charge < -0.3 is 15.2 Å². The number of nitrogens with one attached hydrogen (secondary N) is 1. The normalized spacial score (nSPS) is 9.95. The molecule has 0 fully saturated rings. The van der Waals surface area contributed by atoms with Gasteiger partial charge >= 0.3 is 0 Å². The van der Waals surface area contributed by atoms with E-state index in [-0.39, 0.29) is 5.84 Å². The van der Waals surface area contributed by atoms with Crippen LogP contribution in [0.1, 0.15) is 11.1 Å². The highest BCUT2D eigenvalue weighted by molar-refractivity contribution is 5.95. The Morgan fingerprint density at radius 3 is 2.89 bits per heavy atom. The Morgan fingerprint density at radius 2 is 2.16 bits per heavy atom. The molecule has 0 aliphatic heterocycles. The van der Waals surface area contributed by atoms with Crippen molar-refractivity contribution in [2.24, 2.45) is 5.73 Å². The van der Waals surface area contributed by atoms with E-state index in [9.17, 15) is 0 Å². The molecule has 0 aliphatic rings. The Hall–Kier alpha value is -2.56. The number of hydrogen-bond donors (Lipinski definition) is 2. The maximum absolute atomic E-state index is 7.38. The first-order valence-corrected chi connectivity index (χ1v) is 5.76. The number of aromatic nitrogens is 1. The van der Waals surface area contributed by atoms with Gasteiger partial charge in [0.15, 0.2) is 0 Å². The summed E-state index contributed by atoms with van der Waals surface area (Å²) >= 11 is 0. The van der Waals surface area contributed by atoms with Crippen LogP contribution in [0.5, 0.6) is 11.6 Å². The van der Waals surface area contributed by atoms with Gasteiger partial charge in [0.2, 0.25) is 5.88 Å². The fraction of sp³-hybridized carbons (Fsp3) is 0.143. The number of nitrogens with zero attached hydrogens (tertiary/aromatic N) is 1. The van der Waals surface area contributed by atoms with E-state index in [0.29, 0.717) is 23.8 Å². The van der Waals surface area contributed by atoms with Gasteiger partial charge in [-0.25, -0.2) is 4.98 Å². The molecule has 1 heterocycles. The molecule has 5 nitrogen and oxygen atoms in total. The highest BCUT2D eigenvalue weighted by Crippen LogP contribution is 2.18. The first-order chi connectivity index (χ1) is 9.20. The monoisotopic (exact) mass is 257 g/mol. The van der Waals surface area contributed by atoms with Crippen molar-refractivity contribution in [3.63, 3.8) is 0 Å². The second kappa shape index (κ2) is 5.86. The third kappa shape index (κ3) is 3.22. The van der Waals surface area contributed by atoms with Gasteiger partial charge in [-0.15, -0.1) is 0 Å². The number of nitrogen functional groups attached to an aromatic ring is 1. The predicted octanol–water partition coefficient (Wildman–Crippen LogP) is 1.95. The number of methoxy groups -OCH3 is 1. The molecule has 2 rings (SSSR count). The van der Waals surface area contributed by atoms with Crippen LogP contribution in [0.3, 0.4) is 0 Å². The van der Waals surface area contributed by atoms with E-state index < -0.39 is 0 Å². The van der Waals surface area contributed by atoms with Crippen LogP contribution < -0.4 is 15.2 Å². The molecule has 0 bridgehead atoms. The minimum Gasteiger partial charge on any atom is -0.489 e. The largest absolute Gasteiger partial charge is 0.489 e. The molecule has 3 N–H and O–H groups in total. The van der Waals surface area contributed by atoms with Crippen molar-refractivity contribution in [3.8, 4) is 11.6 Å². The van der Waals surface area contributed by atoms with Crippen molar-refractivity contribution in [1.29, 1.82) is 5.41 Å². The summed E-state index contributed by atoms with van der Waals surface area (Å²) in [7, 11) is 1.57. The third-order valence-electron chi connectivity index (χ3n) is 2.58. The molecule has 98 valence electrons. The van der Waals surface area contributed by atoms with Gasteiger partial charge in [-0.3, -0.25) is 5.41 Å². The molecule has 0 aliphatic carbocycles. The van der Waals surface area contributed by atoms with Crippen LogP contribution in [-0.4, -0.2) is 17.9 Å². The van der Waals surface area contributed by atoms with Crippen LogP contribution >= 0.6 is 0 Å². The van der Waals surface area contributed by atoms with Gasteiger partial charge in [-0.05, 0) is 24.3 Å². The summed E-state index contributed by atoms with van der Waals surface area (Å²) < 4.78 is 10.8. The maximum Gasteiger partial charge on any atom is 0.219 e. The molecule has 1 aromatic carbocycles. The second-order valence-corrected chi connectivity index (χ2v) is 3.90. The van der Waals surface area contributed by atoms with Gasteiger partial charge in [0.1, 0.15) is 18.2 Å². The number of benzene rings is 1. The van der Waals surface area contributed by atoms with E-state index in [1.54, 1.807) is 31.5 Å². The Morgan fingerprint density at radius 1 is 1.32 bits per heavy atom. The summed E-state index contributed by atoms with van der Waals surface area (Å²) in [5.74, 6) is 1.22. The van der Waals surface area contributed by atoms with Gasteiger partial charge in [0, 0.05) is 11.8 Å². The molecule has 0 spiro atoms. The molecule has 0 saturated heterocycles.